The second-order valence-corrected chi connectivity index (χ2v) is 7.79. The van der Waals surface area contributed by atoms with Crippen molar-refractivity contribution >= 4 is 39.1 Å². The number of para-hydroxylation sites is 1. The molecule has 0 unspecified atom stereocenters. The fraction of sp³-hybridized carbons (Fsp3) is 0.333. The van der Waals surface area contributed by atoms with E-state index in [1.54, 1.807) is 24.3 Å². The third-order valence-electron chi connectivity index (χ3n) is 4.80. The minimum Gasteiger partial charge on any atom is -0.375 e. The molecule has 0 aromatic heterocycles. The number of carbonyl (C=O) groups is 2. The minimum absolute atomic E-state index is 0.0652. The Kier molecular flexibility index (Phi) is 6.50. The van der Waals surface area contributed by atoms with Crippen LogP contribution in [0.3, 0.4) is 0 Å². The smallest absolute Gasteiger partial charge is 0.253 e. The molecule has 142 valence electrons. The SMILES string of the molecule is CC1CCN(C(=O)c2ccc(NC(=O)CNc3ccccc3Br)cc2)CC1. The van der Waals surface area contributed by atoms with Crippen molar-refractivity contribution in [2.75, 3.05) is 30.3 Å². The van der Waals surface area contributed by atoms with Crippen LogP contribution < -0.4 is 10.6 Å². The molecule has 0 saturated carbocycles. The highest BCUT2D eigenvalue weighted by atomic mass is 79.9. The predicted molar refractivity (Wildman–Crippen MR) is 112 cm³/mol. The van der Waals surface area contributed by atoms with Crippen LogP contribution in [0.4, 0.5) is 11.4 Å². The number of piperidine rings is 1. The topological polar surface area (TPSA) is 61.4 Å². The summed E-state index contributed by atoms with van der Waals surface area (Å²) in [6.07, 6.45) is 2.12. The summed E-state index contributed by atoms with van der Waals surface area (Å²) in [5.41, 5.74) is 2.20. The molecular weight excluding hydrogens is 406 g/mol. The molecule has 3 rings (SSSR count). The number of hydrogen-bond acceptors (Lipinski definition) is 3. The fourth-order valence-corrected chi connectivity index (χ4v) is 3.50. The van der Waals surface area contributed by atoms with Crippen molar-refractivity contribution in [1.82, 2.24) is 4.90 Å². The largest absolute Gasteiger partial charge is 0.375 e. The Morgan fingerprint density at radius 1 is 1.07 bits per heavy atom. The Morgan fingerprint density at radius 2 is 1.74 bits per heavy atom. The van der Waals surface area contributed by atoms with Gasteiger partial charge in [0.2, 0.25) is 5.91 Å². The van der Waals surface area contributed by atoms with Gasteiger partial charge in [-0.1, -0.05) is 19.1 Å². The number of rotatable bonds is 5. The zero-order chi connectivity index (χ0) is 19.2. The highest BCUT2D eigenvalue weighted by Crippen LogP contribution is 2.21. The van der Waals surface area contributed by atoms with Crippen molar-refractivity contribution < 1.29 is 9.59 Å². The molecule has 1 aliphatic heterocycles. The van der Waals surface area contributed by atoms with Gasteiger partial charge in [-0.3, -0.25) is 9.59 Å². The van der Waals surface area contributed by atoms with Crippen LogP contribution in [0.2, 0.25) is 0 Å². The summed E-state index contributed by atoms with van der Waals surface area (Å²) < 4.78 is 0.910. The third kappa shape index (κ3) is 5.32. The number of amides is 2. The molecule has 2 aromatic carbocycles. The molecule has 6 heteroatoms. The van der Waals surface area contributed by atoms with Crippen LogP contribution in [-0.2, 0) is 4.79 Å². The van der Waals surface area contributed by atoms with Crippen LogP contribution in [-0.4, -0.2) is 36.3 Å². The number of benzene rings is 2. The predicted octanol–water partition coefficient (Wildman–Crippen LogP) is 4.37. The van der Waals surface area contributed by atoms with E-state index in [9.17, 15) is 9.59 Å². The van der Waals surface area contributed by atoms with Crippen molar-refractivity contribution in [2.45, 2.75) is 19.8 Å². The second-order valence-electron chi connectivity index (χ2n) is 6.93. The highest BCUT2D eigenvalue weighted by Gasteiger charge is 2.21. The van der Waals surface area contributed by atoms with E-state index in [4.69, 9.17) is 0 Å². The van der Waals surface area contributed by atoms with Crippen molar-refractivity contribution in [3.63, 3.8) is 0 Å². The van der Waals surface area contributed by atoms with Gasteiger partial charge < -0.3 is 15.5 Å². The average Bonchev–Trinajstić information content (AvgIpc) is 2.68. The minimum atomic E-state index is -0.144. The summed E-state index contributed by atoms with van der Waals surface area (Å²) in [7, 11) is 0. The van der Waals surface area contributed by atoms with Crippen molar-refractivity contribution in [3.8, 4) is 0 Å². The van der Waals surface area contributed by atoms with E-state index in [-0.39, 0.29) is 18.4 Å². The van der Waals surface area contributed by atoms with Gasteiger partial charge in [-0.15, -0.1) is 0 Å². The van der Waals surface area contributed by atoms with Crippen LogP contribution in [0.25, 0.3) is 0 Å². The quantitative estimate of drug-likeness (QED) is 0.741. The number of carbonyl (C=O) groups excluding carboxylic acids is 2. The molecule has 0 spiro atoms. The molecule has 27 heavy (non-hydrogen) atoms. The molecule has 1 heterocycles. The Hall–Kier alpha value is -2.34. The number of likely N-dealkylation sites (tertiary alicyclic amines) is 1. The van der Waals surface area contributed by atoms with Gasteiger partial charge in [0.25, 0.3) is 5.91 Å². The maximum atomic E-state index is 12.6. The number of halogens is 1. The van der Waals surface area contributed by atoms with Crippen LogP contribution >= 0.6 is 15.9 Å². The molecule has 2 N–H and O–H groups in total. The molecule has 1 saturated heterocycles. The lowest BCUT2D eigenvalue weighted by Gasteiger charge is -2.30. The van der Waals surface area contributed by atoms with E-state index in [1.807, 2.05) is 29.2 Å². The average molecular weight is 430 g/mol. The molecule has 0 atom stereocenters. The van der Waals surface area contributed by atoms with Gasteiger partial charge >= 0.3 is 0 Å². The highest BCUT2D eigenvalue weighted by molar-refractivity contribution is 9.10. The zero-order valence-corrected chi connectivity index (χ0v) is 17.0. The summed E-state index contributed by atoms with van der Waals surface area (Å²) in [5, 5.41) is 5.93. The fourth-order valence-electron chi connectivity index (χ4n) is 3.08. The normalized spacial score (nSPS) is 14.7. The Balaban J connectivity index is 1.52. The second kappa shape index (κ2) is 9.04. The molecule has 0 radical (unpaired) electrons. The number of nitrogens with zero attached hydrogens (tertiary/aromatic N) is 1. The number of nitrogens with one attached hydrogen (secondary N) is 2. The number of hydrogen-bond donors (Lipinski definition) is 2. The van der Waals surface area contributed by atoms with E-state index in [1.165, 1.54) is 0 Å². The van der Waals surface area contributed by atoms with E-state index in [0.717, 1.165) is 36.1 Å². The first kappa shape index (κ1) is 19.4. The van der Waals surface area contributed by atoms with Crippen LogP contribution in [0, 0.1) is 5.92 Å². The Bertz CT molecular complexity index is 799. The lowest BCUT2D eigenvalue weighted by Crippen LogP contribution is -2.37. The first-order valence-electron chi connectivity index (χ1n) is 9.20. The van der Waals surface area contributed by atoms with Crippen molar-refractivity contribution in [3.05, 3.63) is 58.6 Å². The van der Waals surface area contributed by atoms with Gasteiger partial charge in [0.15, 0.2) is 0 Å². The first-order chi connectivity index (χ1) is 13.0. The van der Waals surface area contributed by atoms with E-state index >= 15 is 0 Å². The monoisotopic (exact) mass is 429 g/mol. The van der Waals surface area contributed by atoms with Gasteiger partial charge in [-0.2, -0.15) is 0 Å². The third-order valence-corrected chi connectivity index (χ3v) is 5.49. The van der Waals surface area contributed by atoms with Gasteiger partial charge in [-0.25, -0.2) is 0 Å². The Morgan fingerprint density at radius 3 is 2.41 bits per heavy atom. The molecule has 5 nitrogen and oxygen atoms in total. The molecule has 2 amide bonds. The van der Waals surface area contributed by atoms with Crippen LogP contribution in [0.1, 0.15) is 30.1 Å². The van der Waals surface area contributed by atoms with Gasteiger partial charge in [-0.05, 0) is 71.1 Å². The van der Waals surface area contributed by atoms with E-state index < -0.39 is 0 Å². The Labute approximate surface area is 168 Å². The maximum Gasteiger partial charge on any atom is 0.253 e. The van der Waals surface area contributed by atoms with Crippen molar-refractivity contribution in [1.29, 1.82) is 0 Å². The summed E-state index contributed by atoms with van der Waals surface area (Å²) >= 11 is 3.44. The van der Waals surface area contributed by atoms with Crippen molar-refractivity contribution in [2.24, 2.45) is 5.92 Å². The summed E-state index contributed by atoms with van der Waals surface area (Å²) in [5.74, 6) is 0.613. The molecule has 0 aliphatic carbocycles. The number of anilines is 2. The van der Waals surface area contributed by atoms with Gasteiger partial charge in [0.1, 0.15) is 0 Å². The lowest BCUT2D eigenvalue weighted by molar-refractivity contribution is -0.114. The molecule has 2 aromatic rings. The summed E-state index contributed by atoms with van der Waals surface area (Å²) in [6, 6.07) is 14.7. The molecule has 0 bridgehead atoms. The van der Waals surface area contributed by atoms with Gasteiger partial charge in [0, 0.05) is 34.5 Å². The van der Waals surface area contributed by atoms with E-state index in [0.29, 0.717) is 17.2 Å². The molecular formula is C21H24BrN3O2. The maximum absolute atomic E-state index is 12.6. The molecule has 1 fully saturated rings. The van der Waals surface area contributed by atoms with Crippen LogP contribution in [0.15, 0.2) is 53.0 Å². The van der Waals surface area contributed by atoms with Gasteiger partial charge in [0.05, 0.1) is 6.54 Å². The summed E-state index contributed by atoms with van der Waals surface area (Å²) in [4.78, 5) is 26.6. The lowest BCUT2D eigenvalue weighted by atomic mass is 9.98. The first-order valence-corrected chi connectivity index (χ1v) is 10.00. The standard InChI is InChI=1S/C21H24BrN3O2/c1-15-10-12-25(13-11-15)21(27)16-6-8-17(9-7-16)24-20(26)14-23-19-5-3-2-4-18(19)22/h2-9,15,23H,10-14H2,1H3,(H,24,26). The zero-order valence-electron chi connectivity index (χ0n) is 15.4. The summed E-state index contributed by atoms with van der Waals surface area (Å²) in [6.45, 7) is 4.03. The van der Waals surface area contributed by atoms with Crippen LogP contribution in [0.5, 0.6) is 0 Å². The molecule has 1 aliphatic rings. The van der Waals surface area contributed by atoms with E-state index in [2.05, 4.69) is 33.5 Å².